The van der Waals surface area contributed by atoms with E-state index >= 15 is 0 Å². The molecule has 0 radical (unpaired) electrons. The Balaban J connectivity index is 0.000000520. The van der Waals surface area contributed by atoms with Gasteiger partial charge in [0.1, 0.15) is 0 Å². The topological polar surface area (TPSA) is 52.6 Å². The number of amides is 1. The zero-order chi connectivity index (χ0) is 23.4. The lowest BCUT2D eigenvalue weighted by Crippen LogP contribution is -2.43. The summed E-state index contributed by atoms with van der Waals surface area (Å²) in [6.45, 7) is 10.9. The van der Waals surface area contributed by atoms with E-state index in [1.807, 2.05) is 30.5 Å². The van der Waals surface area contributed by atoms with Crippen LogP contribution >= 0.6 is 0 Å². The summed E-state index contributed by atoms with van der Waals surface area (Å²) in [4.78, 5) is 15.3. The molecule has 4 heteroatoms. The second-order valence-corrected chi connectivity index (χ2v) is 10.1. The molecule has 1 fully saturated rings. The number of unbranched alkanes of at least 4 members (excludes halogenated alkanes) is 1. The van der Waals surface area contributed by atoms with Gasteiger partial charge in [0.15, 0.2) is 0 Å². The Morgan fingerprint density at radius 3 is 2.22 bits per heavy atom. The van der Waals surface area contributed by atoms with E-state index in [0.717, 1.165) is 63.6 Å². The van der Waals surface area contributed by atoms with Crippen molar-refractivity contribution in [2.45, 2.75) is 84.1 Å². The number of dihydropyridines is 1. The number of rotatable bonds is 7. The lowest BCUT2D eigenvalue weighted by Gasteiger charge is -2.37. The Hall–Kier alpha value is -2.07. The monoisotopic (exact) mass is 440 g/mol. The first-order chi connectivity index (χ1) is 15.4. The molecule has 2 N–H and O–H groups in total. The van der Waals surface area contributed by atoms with Gasteiger partial charge < -0.3 is 15.3 Å². The molecule has 3 rings (SSSR count). The Labute approximate surface area is 195 Å². The maximum atomic E-state index is 13.2. The molecule has 1 aromatic rings. The van der Waals surface area contributed by atoms with Crippen LogP contribution in [0.1, 0.15) is 88.6 Å². The number of aliphatic hydroxyl groups excluding tert-OH is 1. The molecule has 178 valence electrons. The van der Waals surface area contributed by atoms with E-state index in [-0.39, 0.29) is 17.9 Å². The zero-order valence-corrected chi connectivity index (χ0v) is 20.6. The fourth-order valence-corrected chi connectivity index (χ4v) is 4.39. The first-order valence-corrected chi connectivity index (χ1v) is 12.4. The van der Waals surface area contributed by atoms with Crippen LogP contribution in [-0.2, 0) is 5.41 Å². The largest absolute Gasteiger partial charge is 0.396 e. The van der Waals surface area contributed by atoms with Crippen LogP contribution < -0.4 is 5.32 Å². The van der Waals surface area contributed by atoms with Crippen molar-refractivity contribution < 1.29 is 9.90 Å². The van der Waals surface area contributed by atoms with Crippen LogP contribution in [0.15, 0.2) is 48.7 Å². The van der Waals surface area contributed by atoms with E-state index in [1.165, 1.54) is 5.56 Å². The highest BCUT2D eigenvalue weighted by atomic mass is 16.3. The maximum absolute atomic E-state index is 13.2. The summed E-state index contributed by atoms with van der Waals surface area (Å²) >= 11 is 0. The molecule has 1 aliphatic carbocycles. The van der Waals surface area contributed by atoms with Crippen molar-refractivity contribution >= 4 is 5.91 Å². The highest BCUT2D eigenvalue weighted by molar-refractivity contribution is 5.94. The smallest absolute Gasteiger partial charge is 0.254 e. The van der Waals surface area contributed by atoms with Crippen molar-refractivity contribution in [2.24, 2.45) is 5.92 Å². The van der Waals surface area contributed by atoms with Crippen molar-refractivity contribution in [3.8, 4) is 0 Å². The number of carbonyl (C=O) groups is 1. The maximum Gasteiger partial charge on any atom is 0.254 e. The second-order valence-electron chi connectivity index (χ2n) is 10.1. The van der Waals surface area contributed by atoms with Gasteiger partial charge in [-0.15, -0.1) is 0 Å². The fraction of sp³-hybridized carbons (Fsp3) is 0.607. The minimum Gasteiger partial charge on any atom is -0.396 e. The Bertz CT molecular complexity index is 711. The van der Waals surface area contributed by atoms with Crippen molar-refractivity contribution in [2.75, 3.05) is 19.7 Å². The molecule has 0 saturated heterocycles. The molecule has 0 spiro atoms. The summed E-state index contributed by atoms with van der Waals surface area (Å²) in [6, 6.07) is 8.55. The van der Waals surface area contributed by atoms with Gasteiger partial charge in [-0.25, -0.2) is 0 Å². The number of benzene rings is 1. The first-order valence-electron chi connectivity index (χ1n) is 12.4. The van der Waals surface area contributed by atoms with E-state index in [1.54, 1.807) is 0 Å². The number of hydrogen-bond acceptors (Lipinski definition) is 3. The molecule has 1 aromatic carbocycles. The van der Waals surface area contributed by atoms with Crippen LogP contribution in [0.3, 0.4) is 0 Å². The molecular formula is C28H44N2O2. The molecule has 0 unspecified atom stereocenters. The van der Waals surface area contributed by atoms with Crippen LogP contribution in [0, 0.1) is 5.92 Å². The molecule has 0 bridgehead atoms. The van der Waals surface area contributed by atoms with Gasteiger partial charge in [-0.3, -0.25) is 4.79 Å². The van der Waals surface area contributed by atoms with Crippen LogP contribution in [0.4, 0.5) is 0 Å². The zero-order valence-electron chi connectivity index (χ0n) is 20.6. The predicted molar refractivity (Wildman–Crippen MR) is 135 cm³/mol. The van der Waals surface area contributed by atoms with E-state index < -0.39 is 0 Å². The van der Waals surface area contributed by atoms with Gasteiger partial charge in [-0.05, 0) is 79.8 Å². The van der Waals surface area contributed by atoms with E-state index in [9.17, 15) is 4.79 Å². The van der Waals surface area contributed by atoms with Crippen LogP contribution in [0.5, 0.6) is 0 Å². The molecular weight excluding hydrogens is 396 g/mol. The molecule has 32 heavy (non-hydrogen) atoms. The van der Waals surface area contributed by atoms with Crippen molar-refractivity contribution in [3.05, 3.63) is 59.8 Å². The highest BCUT2D eigenvalue weighted by Gasteiger charge is 2.29. The SMILES string of the molecule is C1=CCNC=C1.CCCCN(C(=O)c1ccc(C(C)(C)C)cc1)C1CCC(CCO)CC1. The van der Waals surface area contributed by atoms with E-state index in [2.05, 4.69) is 56.1 Å². The van der Waals surface area contributed by atoms with E-state index in [4.69, 9.17) is 5.11 Å². The number of hydrogen-bond donors (Lipinski definition) is 2. The van der Waals surface area contributed by atoms with Crippen molar-refractivity contribution in [1.29, 1.82) is 0 Å². The third kappa shape index (κ3) is 8.46. The molecule has 0 atom stereocenters. The quantitative estimate of drug-likeness (QED) is 0.561. The molecule has 4 nitrogen and oxygen atoms in total. The van der Waals surface area contributed by atoms with Crippen LogP contribution in [-0.4, -0.2) is 41.7 Å². The summed E-state index contributed by atoms with van der Waals surface area (Å²) in [7, 11) is 0. The molecule has 1 aliphatic heterocycles. The Morgan fingerprint density at radius 1 is 1.09 bits per heavy atom. The third-order valence-electron chi connectivity index (χ3n) is 6.50. The normalized spacial score (nSPS) is 20.2. The Kier molecular flexibility index (Phi) is 11.0. The lowest BCUT2D eigenvalue weighted by molar-refractivity contribution is 0.0596. The summed E-state index contributed by atoms with van der Waals surface area (Å²) in [6.07, 6.45) is 15.5. The summed E-state index contributed by atoms with van der Waals surface area (Å²) in [5, 5.41) is 12.2. The van der Waals surface area contributed by atoms with Crippen molar-refractivity contribution in [3.63, 3.8) is 0 Å². The van der Waals surface area contributed by atoms with Gasteiger partial charge >= 0.3 is 0 Å². The van der Waals surface area contributed by atoms with Crippen LogP contribution in [0.2, 0.25) is 0 Å². The first kappa shape index (κ1) is 26.2. The number of carbonyl (C=O) groups excluding carboxylic acids is 1. The predicted octanol–water partition coefficient (Wildman–Crippen LogP) is 5.83. The minimum absolute atomic E-state index is 0.106. The molecule has 2 aliphatic rings. The average molecular weight is 441 g/mol. The van der Waals surface area contributed by atoms with Gasteiger partial charge in [0.2, 0.25) is 0 Å². The summed E-state index contributed by atoms with van der Waals surface area (Å²) < 4.78 is 0. The fourth-order valence-electron chi connectivity index (χ4n) is 4.39. The van der Waals surface area contributed by atoms with Gasteiger partial charge in [0, 0.05) is 31.3 Å². The summed E-state index contributed by atoms with van der Waals surface area (Å²) in [5.41, 5.74) is 2.18. The minimum atomic E-state index is 0.106. The number of aliphatic hydroxyl groups is 1. The molecule has 1 heterocycles. The molecule has 0 aromatic heterocycles. The van der Waals surface area contributed by atoms with Gasteiger partial charge in [-0.2, -0.15) is 0 Å². The van der Waals surface area contributed by atoms with Gasteiger partial charge in [0.25, 0.3) is 5.91 Å². The van der Waals surface area contributed by atoms with Crippen molar-refractivity contribution in [1.82, 2.24) is 10.2 Å². The van der Waals surface area contributed by atoms with E-state index in [0.29, 0.717) is 12.0 Å². The standard InChI is InChI=1S/C23H37NO2.C5H7N/c1-5-6-16-24(21-13-7-18(8-14-21)15-17-25)22(26)19-9-11-20(12-10-19)23(2,3)4;1-2-4-6-5-3-1/h9-12,18,21,25H,5-8,13-17H2,1-4H3;1-4,6H,5H2. The second kappa shape index (κ2) is 13.5. The summed E-state index contributed by atoms with van der Waals surface area (Å²) in [5.74, 6) is 0.815. The van der Waals surface area contributed by atoms with Gasteiger partial charge in [-0.1, -0.05) is 58.4 Å². The third-order valence-corrected chi connectivity index (χ3v) is 6.50. The molecule has 1 saturated carbocycles. The highest BCUT2D eigenvalue weighted by Crippen LogP contribution is 2.31. The lowest BCUT2D eigenvalue weighted by atomic mass is 9.83. The Morgan fingerprint density at radius 2 is 1.78 bits per heavy atom. The van der Waals surface area contributed by atoms with Gasteiger partial charge in [0.05, 0.1) is 0 Å². The number of nitrogens with zero attached hydrogens (tertiary/aromatic N) is 1. The average Bonchev–Trinajstić information content (AvgIpc) is 2.81. The van der Waals surface area contributed by atoms with Crippen LogP contribution in [0.25, 0.3) is 0 Å². The number of nitrogens with one attached hydrogen (secondary N) is 1. The number of allylic oxidation sites excluding steroid dienone is 2. The molecule has 1 amide bonds.